The number of benzene rings is 1. The molecule has 0 aliphatic carbocycles. The summed E-state index contributed by atoms with van der Waals surface area (Å²) in [7, 11) is 0. The quantitative estimate of drug-likeness (QED) is 0.0604. The second kappa shape index (κ2) is 23.2. The molecule has 8 heteroatoms. The third-order valence-corrected chi connectivity index (χ3v) is 5.89. The molecule has 1 aromatic carbocycles. The highest BCUT2D eigenvalue weighted by molar-refractivity contribution is 5.69. The van der Waals surface area contributed by atoms with Crippen molar-refractivity contribution in [2.75, 3.05) is 39.6 Å². The first-order chi connectivity index (χ1) is 17.6. The van der Waals surface area contributed by atoms with Crippen molar-refractivity contribution in [1.82, 2.24) is 0 Å². The summed E-state index contributed by atoms with van der Waals surface area (Å²) in [5.41, 5.74) is 0.0287. The van der Waals surface area contributed by atoms with Crippen molar-refractivity contribution in [3.63, 3.8) is 0 Å². The minimum absolute atomic E-state index is 0.0287. The Bertz CT molecular complexity index is 666. The average molecular weight is 510 g/mol. The summed E-state index contributed by atoms with van der Waals surface area (Å²) in [6.07, 6.45) is 17.2. The Morgan fingerprint density at radius 3 is 1.69 bits per heavy atom. The van der Waals surface area contributed by atoms with Crippen molar-refractivity contribution in [3.05, 3.63) is 34.4 Å². The highest BCUT2D eigenvalue weighted by atomic mass is 16.6. The van der Waals surface area contributed by atoms with Crippen LogP contribution in [0.1, 0.15) is 96.8 Å². The van der Waals surface area contributed by atoms with Crippen LogP contribution in [0.5, 0.6) is 5.75 Å². The molecule has 0 aromatic heterocycles. The molecule has 0 amide bonds. The summed E-state index contributed by atoms with van der Waals surface area (Å²) in [5, 5.41) is 10.6. The van der Waals surface area contributed by atoms with Crippen LogP contribution in [0.3, 0.4) is 0 Å². The van der Waals surface area contributed by atoms with Crippen molar-refractivity contribution in [1.29, 1.82) is 0 Å². The Labute approximate surface area is 217 Å². The van der Waals surface area contributed by atoms with Crippen LogP contribution in [0.25, 0.3) is 0 Å². The van der Waals surface area contributed by atoms with Gasteiger partial charge in [-0.05, 0) is 18.6 Å². The Morgan fingerprint density at radius 1 is 0.694 bits per heavy atom. The lowest BCUT2D eigenvalue weighted by atomic mass is 10.0. The minimum Gasteiger partial charge on any atom is -0.491 e. The summed E-state index contributed by atoms with van der Waals surface area (Å²) >= 11 is 0. The highest BCUT2D eigenvalue weighted by Crippen LogP contribution is 2.17. The molecule has 0 atom stereocenters. The third kappa shape index (κ3) is 19.1. The van der Waals surface area contributed by atoms with E-state index in [9.17, 15) is 14.9 Å². The molecule has 0 saturated carbocycles. The first kappa shape index (κ1) is 31.8. The van der Waals surface area contributed by atoms with E-state index >= 15 is 0 Å². The van der Waals surface area contributed by atoms with Gasteiger partial charge in [-0.3, -0.25) is 14.9 Å². The van der Waals surface area contributed by atoms with E-state index in [0.717, 1.165) is 12.8 Å². The predicted molar refractivity (Wildman–Crippen MR) is 142 cm³/mol. The monoisotopic (exact) mass is 509 g/mol. The lowest BCUT2D eigenvalue weighted by Gasteiger charge is -2.08. The second-order valence-electron chi connectivity index (χ2n) is 9.04. The van der Waals surface area contributed by atoms with E-state index in [1.54, 1.807) is 12.1 Å². The van der Waals surface area contributed by atoms with Crippen LogP contribution in [-0.2, 0) is 19.0 Å². The number of carbonyl (C=O) groups excluding carboxylic acids is 1. The molecular formula is C28H47NO7. The smallest absolute Gasteiger partial charge is 0.305 e. The third-order valence-electron chi connectivity index (χ3n) is 5.89. The van der Waals surface area contributed by atoms with Crippen LogP contribution in [0.2, 0.25) is 0 Å². The lowest BCUT2D eigenvalue weighted by molar-refractivity contribution is -0.384. The number of carbonyl (C=O) groups is 1. The van der Waals surface area contributed by atoms with E-state index in [-0.39, 0.29) is 18.3 Å². The maximum atomic E-state index is 11.8. The zero-order valence-electron chi connectivity index (χ0n) is 22.3. The second-order valence-corrected chi connectivity index (χ2v) is 9.04. The van der Waals surface area contributed by atoms with Gasteiger partial charge in [0.05, 0.1) is 31.4 Å². The van der Waals surface area contributed by atoms with Gasteiger partial charge in [0.2, 0.25) is 0 Å². The number of nitro groups is 1. The van der Waals surface area contributed by atoms with Gasteiger partial charge in [-0.2, -0.15) is 0 Å². The van der Waals surface area contributed by atoms with Gasteiger partial charge in [-0.1, -0.05) is 84.0 Å². The number of hydrogen-bond donors (Lipinski definition) is 0. The number of nitro benzene ring substituents is 1. The van der Waals surface area contributed by atoms with E-state index in [0.29, 0.717) is 45.2 Å². The van der Waals surface area contributed by atoms with Gasteiger partial charge in [0.15, 0.2) is 0 Å². The summed E-state index contributed by atoms with van der Waals surface area (Å²) < 4.78 is 21.5. The average Bonchev–Trinajstić information content (AvgIpc) is 2.88. The number of hydrogen-bond acceptors (Lipinski definition) is 7. The number of rotatable bonds is 25. The van der Waals surface area contributed by atoms with Crippen molar-refractivity contribution in [2.45, 2.75) is 96.8 Å². The summed E-state index contributed by atoms with van der Waals surface area (Å²) in [6, 6.07) is 5.91. The molecule has 0 saturated heterocycles. The van der Waals surface area contributed by atoms with Gasteiger partial charge in [-0.15, -0.1) is 0 Å². The first-order valence-electron chi connectivity index (χ1n) is 13.8. The zero-order chi connectivity index (χ0) is 26.1. The molecule has 8 nitrogen and oxygen atoms in total. The molecule has 0 unspecified atom stereocenters. The summed E-state index contributed by atoms with van der Waals surface area (Å²) in [4.78, 5) is 21.9. The largest absolute Gasteiger partial charge is 0.491 e. The van der Waals surface area contributed by atoms with Crippen molar-refractivity contribution in [2.24, 2.45) is 0 Å². The molecule has 1 rings (SSSR count). The molecule has 1 aromatic rings. The molecular weight excluding hydrogens is 462 g/mol. The van der Waals surface area contributed by atoms with Crippen LogP contribution >= 0.6 is 0 Å². The van der Waals surface area contributed by atoms with E-state index < -0.39 is 4.92 Å². The summed E-state index contributed by atoms with van der Waals surface area (Å²) in [6.45, 7) is 4.43. The molecule has 0 radical (unpaired) electrons. The lowest BCUT2D eigenvalue weighted by Crippen LogP contribution is -2.14. The van der Waals surface area contributed by atoms with E-state index in [2.05, 4.69) is 6.92 Å². The van der Waals surface area contributed by atoms with Crippen LogP contribution < -0.4 is 4.74 Å². The Kier molecular flexibility index (Phi) is 20.5. The van der Waals surface area contributed by atoms with Crippen LogP contribution in [-0.4, -0.2) is 50.5 Å². The van der Waals surface area contributed by atoms with Crippen molar-refractivity contribution >= 4 is 11.7 Å². The van der Waals surface area contributed by atoms with E-state index in [1.165, 1.54) is 82.8 Å². The van der Waals surface area contributed by atoms with Crippen LogP contribution in [0, 0.1) is 10.1 Å². The first-order valence-corrected chi connectivity index (χ1v) is 13.8. The predicted octanol–water partition coefficient (Wildman–Crippen LogP) is 7.03. The molecule has 0 heterocycles. The fourth-order valence-corrected chi connectivity index (χ4v) is 3.78. The van der Waals surface area contributed by atoms with Crippen molar-refractivity contribution in [3.8, 4) is 5.75 Å². The van der Waals surface area contributed by atoms with Gasteiger partial charge in [0.25, 0.3) is 5.69 Å². The number of esters is 1. The Morgan fingerprint density at radius 2 is 1.17 bits per heavy atom. The Hall–Kier alpha value is -2.19. The van der Waals surface area contributed by atoms with E-state index in [4.69, 9.17) is 18.9 Å². The maximum absolute atomic E-state index is 11.8. The fourth-order valence-electron chi connectivity index (χ4n) is 3.78. The van der Waals surface area contributed by atoms with Crippen LogP contribution in [0.4, 0.5) is 5.69 Å². The molecule has 0 aliphatic heterocycles. The van der Waals surface area contributed by atoms with Gasteiger partial charge in [-0.25, -0.2) is 0 Å². The van der Waals surface area contributed by atoms with Crippen molar-refractivity contribution < 1.29 is 28.7 Å². The zero-order valence-corrected chi connectivity index (χ0v) is 22.3. The number of nitrogens with zero attached hydrogens (tertiary/aromatic N) is 1. The highest BCUT2D eigenvalue weighted by Gasteiger charge is 2.05. The van der Waals surface area contributed by atoms with Gasteiger partial charge in [0, 0.05) is 18.6 Å². The Balaban J connectivity index is 1.78. The molecule has 0 aliphatic rings. The van der Waals surface area contributed by atoms with Crippen LogP contribution in [0.15, 0.2) is 24.3 Å². The minimum atomic E-state index is -0.450. The topological polar surface area (TPSA) is 97.1 Å². The number of ether oxygens (including phenoxy) is 4. The molecule has 206 valence electrons. The van der Waals surface area contributed by atoms with Gasteiger partial charge < -0.3 is 18.9 Å². The molecule has 0 fully saturated rings. The number of unbranched alkanes of at least 4 members (excludes halogenated alkanes) is 12. The SMILES string of the molecule is CCCCCCCCCCCCCCCC(=O)OCCOCCOCCOc1ccc([N+](=O)[O-])cc1. The number of non-ortho nitro benzene ring substituents is 1. The molecule has 0 N–H and O–H groups in total. The molecule has 0 spiro atoms. The standard InChI is InChI=1S/C28H47NO7/c1-2-3-4-5-6-7-8-9-10-11-12-13-14-15-28(30)36-25-23-34-21-20-33-22-24-35-27-18-16-26(17-19-27)29(31)32/h16-19H,2-15,20-25H2,1H3. The normalized spacial score (nSPS) is 10.9. The fraction of sp³-hybridized carbons (Fsp3) is 0.750. The van der Waals surface area contributed by atoms with Gasteiger partial charge >= 0.3 is 5.97 Å². The van der Waals surface area contributed by atoms with E-state index in [1.807, 2.05) is 0 Å². The summed E-state index contributed by atoms with van der Waals surface area (Å²) in [5.74, 6) is 0.405. The maximum Gasteiger partial charge on any atom is 0.305 e. The van der Waals surface area contributed by atoms with Gasteiger partial charge in [0.1, 0.15) is 19.0 Å². The molecule has 0 bridgehead atoms. The molecule has 36 heavy (non-hydrogen) atoms.